The Balaban J connectivity index is 0.00000338. The van der Waals surface area contributed by atoms with Crippen LogP contribution in [0.5, 0.6) is 0 Å². The fraction of sp³-hybridized carbons (Fsp3) is 0.824. The van der Waals surface area contributed by atoms with Gasteiger partial charge in [0, 0.05) is 46.4 Å². The predicted octanol–water partition coefficient (Wildman–Crippen LogP) is 2.13. The third kappa shape index (κ3) is 6.99. The van der Waals surface area contributed by atoms with Crippen molar-refractivity contribution in [2.75, 3.05) is 46.4 Å². The van der Waals surface area contributed by atoms with Crippen LogP contribution in [0.25, 0.3) is 0 Å². The van der Waals surface area contributed by atoms with E-state index >= 15 is 0 Å². The third-order valence-electron chi connectivity index (χ3n) is 4.17. The van der Waals surface area contributed by atoms with Crippen molar-refractivity contribution in [3.63, 3.8) is 0 Å². The number of nitrogens with zero attached hydrogens (tertiary/aromatic N) is 5. The molecular formula is C17H33IN6O2. The fourth-order valence-corrected chi connectivity index (χ4v) is 2.98. The maximum absolute atomic E-state index is 5.48. The van der Waals surface area contributed by atoms with Crippen LogP contribution in [0, 0.1) is 5.92 Å². The molecule has 1 saturated heterocycles. The van der Waals surface area contributed by atoms with Crippen LogP contribution in [-0.4, -0.2) is 72.3 Å². The highest BCUT2D eigenvalue weighted by atomic mass is 127. The zero-order valence-electron chi connectivity index (χ0n) is 16.6. The Morgan fingerprint density at radius 2 is 1.96 bits per heavy atom. The second kappa shape index (κ2) is 11.7. The summed E-state index contributed by atoms with van der Waals surface area (Å²) >= 11 is 0. The van der Waals surface area contributed by atoms with E-state index < -0.39 is 0 Å². The minimum absolute atomic E-state index is 0. The Labute approximate surface area is 173 Å². The largest absolute Gasteiger partial charge is 0.371 e. The van der Waals surface area contributed by atoms with Gasteiger partial charge >= 0.3 is 0 Å². The monoisotopic (exact) mass is 480 g/mol. The maximum atomic E-state index is 5.48. The minimum atomic E-state index is -0.157. The summed E-state index contributed by atoms with van der Waals surface area (Å²) in [7, 11) is 1.80. The molecule has 1 aromatic rings. The second-order valence-corrected chi connectivity index (χ2v) is 6.73. The molecule has 26 heavy (non-hydrogen) atoms. The van der Waals surface area contributed by atoms with Crippen LogP contribution >= 0.6 is 24.0 Å². The highest BCUT2D eigenvalue weighted by molar-refractivity contribution is 14.0. The summed E-state index contributed by atoms with van der Waals surface area (Å²) in [4.78, 5) is 13.5. The van der Waals surface area contributed by atoms with Crippen molar-refractivity contribution in [1.29, 1.82) is 0 Å². The van der Waals surface area contributed by atoms with E-state index in [0.717, 1.165) is 38.7 Å². The molecule has 1 aromatic heterocycles. The molecule has 0 amide bonds. The number of ether oxygens (including phenoxy) is 1. The molecule has 2 rings (SSSR count). The van der Waals surface area contributed by atoms with Crippen molar-refractivity contribution in [2.24, 2.45) is 10.9 Å². The number of piperazine rings is 1. The van der Waals surface area contributed by atoms with Gasteiger partial charge < -0.3 is 19.5 Å². The molecule has 0 bridgehead atoms. The highest BCUT2D eigenvalue weighted by Crippen LogP contribution is 2.12. The van der Waals surface area contributed by atoms with Crippen molar-refractivity contribution in [3.05, 3.63) is 11.7 Å². The van der Waals surface area contributed by atoms with Gasteiger partial charge in [0.2, 0.25) is 5.89 Å². The van der Waals surface area contributed by atoms with Crippen LogP contribution in [0.3, 0.4) is 0 Å². The van der Waals surface area contributed by atoms with Crippen molar-refractivity contribution in [2.45, 2.75) is 40.3 Å². The number of rotatable bonds is 7. The molecule has 1 fully saturated rings. The lowest BCUT2D eigenvalue weighted by molar-refractivity contribution is 0.0683. The van der Waals surface area contributed by atoms with E-state index in [1.807, 2.05) is 13.8 Å². The van der Waals surface area contributed by atoms with Crippen LogP contribution in [0.1, 0.15) is 45.5 Å². The number of aliphatic imine (C=N–C) groups is 1. The summed E-state index contributed by atoms with van der Waals surface area (Å²) < 4.78 is 10.8. The van der Waals surface area contributed by atoms with Gasteiger partial charge in [-0.05, 0) is 19.8 Å². The van der Waals surface area contributed by atoms with Crippen molar-refractivity contribution in [1.82, 2.24) is 25.3 Å². The zero-order valence-corrected chi connectivity index (χ0v) is 18.9. The summed E-state index contributed by atoms with van der Waals surface area (Å²) in [5.74, 6) is 2.70. The number of aromatic nitrogens is 2. The van der Waals surface area contributed by atoms with Crippen LogP contribution in [-0.2, 0) is 11.3 Å². The van der Waals surface area contributed by atoms with E-state index in [4.69, 9.17) is 9.26 Å². The Morgan fingerprint density at radius 1 is 1.27 bits per heavy atom. The van der Waals surface area contributed by atoms with Gasteiger partial charge in [0.1, 0.15) is 6.10 Å². The third-order valence-corrected chi connectivity index (χ3v) is 4.17. The van der Waals surface area contributed by atoms with Gasteiger partial charge in [0.25, 0.3) is 0 Å². The fourth-order valence-electron chi connectivity index (χ4n) is 2.98. The molecule has 1 unspecified atom stereocenters. The lowest BCUT2D eigenvalue weighted by atomic mass is 10.2. The van der Waals surface area contributed by atoms with Crippen LogP contribution in [0.15, 0.2) is 9.52 Å². The summed E-state index contributed by atoms with van der Waals surface area (Å²) in [6, 6.07) is 0. The molecule has 1 aliphatic rings. The molecule has 0 spiro atoms. The van der Waals surface area contributed by atoms with Gasteiger partial charge in [0.05, 0.1) is 6.54 Å². The molecule has 1 N–H and O–H groups in total. The highest BCUT2D eigenvalue weighted by Gasteiger charge is 2.20. The van der Waals surface area contributed by atoms with Gasteiger partial charge in [-0.2, -0.15) is 4.98 Å². The van der Waals surface area contributed by atoms with E-state index in [2.05, 4.69) is 44.1 Å². The SMILES string of the molecule is CCOC(C)c1noc(CNC(=NC)N2CCN(CC(C)C)CC2)n1.I. The molecule has 0 radical (unpaired) electrons. The summed E-state index contributed by atoms with van der Waals surface area (Å²) in [6.07, 6.45) is -0.157. The van der Waals surface area contributed by atoms with E-state index in [1.54, 1.807) is 7.05 Å². The number of halogens is 1. The van der Waals surface area contributed by atoms with Gasteiger partial charge in [-0.25, -0.2) is 0 Å². The Hall–Kier alpha value is -0.940. The quantitative estimate of drug-likeness (QED) is 0.364. The first kappa shape index (κ1) is 23.1. The molecule has 1 atom stereocenters. The first-order valence-electron chi connectivity index (χ1n) is 9.15. The van der Waals surface area contributed by atoms with E-state index in [0.29, 0.717) is 30.8 Å². The molecule has 1 aliphatic heterocycles. The standard InChI is InChI=1S/C17H32N6O2.HI/c1-6-24-14(4)16-20-15(25-21-16)11-19-17(18-5)23-9-7-22(8-10-23)12-13(2)3;/h13-14H,6-12H2,1-5H3,(H,18,19);1H. The lowest BCUT2D eigenvalue weighted by Gasteiger charge is -2.37. The smallest absolute Gasteiger partial charge is 0.246 e. The molecule has 0 saturated carbocycles. The van der Waals surface area contributed by atoms with Gasteiger partial charge in [-0.1, -0.05) is 19.0 Å². The normalized spacial score (nSPS) is 17.3. The van der Waals surface area contributed by atoms with Crippen molar-refractivity contribution >= 4 is 29.9 Å². The van der Waals surface area contributed by atoms with Crippen LogP contribution < -0.4 is 5.32 Å². The number of nitrogens with one attached hydrogen (secondary N) is 1. The molecule has 2 heterocycles. The topological polar surface area (TPSA) is 79.0 Å². The van der Waals surface area contributed by atoms with E-state index in [9.17, 15) is 0 Å². The van der Waals surface area contributed by atoms with E-state index in [1.165, 1.54) is 0 Å². The summed E-state index contributed by atoms with van der Waals surface area (Å²) in [5.41, 5.74) is 0. The molecule has 9 heteroatoms. The Bertz CT molecular complexity index is 543. The molecular weight excluding hydrogens is 447 g/mol. The lowest BCUT2D eigenvalue weighted by Crippen LogP contribution is -2.52. The van der Waals surface area contributed by atoms with Crippen LogP contribution in [0.4, 0.5) is 0 Å². The molecule has 0 aliphatic carbocycles. The Kier molecular flexibility index (Phi) is 10.4. The first-order chi connectivity index (χ1) is 12.0. The van der Waals surface area contributed by atoms with Gasteiger partial charge in [-0.3, -0.25) is 9.89 Å². The van der Waals surface area contributed by atoms with Crippen molar-refractivity contribution in [3.8, 4) is 0 Å². The van der Waals surface area contributed by atoms with E-state index in [-0.39, 0.29) is 30.1 Å². The molecule has 150 valence electrons. The number of hydrogen-bond acceptors (Lipinski definition) is 6. The Morgan fingerprint density at radius 3 is 2.54 bits per heavy atom. The van der Waals surface area contributed by atoms with Gasteiger partial charge in [-0.15, -0.1) is 24.0 Å². The second-order valence-electron chi connectivity index (χ2n) is 6.73. The minimum Gasteiger partial charge on any atom is -0.371 e. The van der Waals surface area contributed by atoms with Crippen LogP contribution in [0.2, 0.25) is 0 Å². The molecule has 8 nitrogen and oxygen atoms in total. The summed E-state index contributed by atoms with van der Waals surface area (Å²) in [5, 5.41) is 7.29. The summed E-state index contributed by atoms with van der Waals surface area (Å²) in [6.45, 7) is 14.7. The predicted molar refractivity (Wildman–Crippen MR) is 113 cm³/mol. The first-order valence-corrected chi connectivity index (χ1v) is 9.15. The molecule has 0 aromatic carbocycles. The maximum Gasteiger partial charge on any atom is 0.246 e. The number of hydrogen-bond donors (Lipinski definition) is 1. The number of guanidine groups is 1. The average molecular weight is 480 g/mol. The van der Waals surface area contributed by atoms with Gasteiger partial charge in [0.15, 0.2) is 11.8 Å². The van der Waals surface area contributed by atoms with Crippen molar-refractivity contribution < 1.29 is 9.26 Å². The average Bonchev–Trinajstić information content (AvgIpc) is 3.05. The zero-order chi connectivity index (χ0) is 18.2.